The van der Waals surface area contributed by atoms with Crippen LogP contribution in [-0.4, -0.2) is 42.0 Å². The van der Waals surface area contributed by atoms with E-state index in [4.69, 9.17) is 37.4 Å². The number of nitrogens with zero attached hydrogens (tertiary/aromatic N) is 1. The monoisotopic (exact) mass is 530 g/mol. The number of hydrogen-bond acceptors (Lipinski definition) is 7. The number of carbonyl (C=O) groups excluding carboxylic acids is 3. The predicted molar refractivity (Wildman–Crippen MR) is 136 cm³/mol. The van der Waals surface area contributed by atoms with E-state index in [0.717, 1.165) is 0 Å². The Balaban J connectivity index is 1.79. The number of carbonyl (C=O) groups is 3. The van der Waals surface area contributed by atoms with Crippen molar-refractivity contribution in [1.29, 1.82) is 0 Å². The molecule has 0 unspecified atom stereocenters. The van der Waals surface area contributed by atoms with Crippen molar-refractivity contribution < 1.29 is 28.6 Å². The van der Waals surface area contributed by atoms with Gasteiger partial charge in [-0.1, -0.05) is 41.4 Å². The molecule has 3 rings (SSSR count). The SMILES string of the molecule is CCOc1ccc(C(=O)c2ccccc2C(=O)O[C@@H](C)C(=O)Nc2ncc(Cl)cc2Cl)cc1OCC. The van der Waals surface area contributed by atoms with E-state index in [1.165, 1.54) is 31.3 Å². The van der Waals surface area contributed by atoms with E-state index in [9.17, 15) is 14.4 Å². The Morgan fingerprint density at radius 3 is 2.28 bits per heavy atom. The van der Waals surface area contributed by atoms with Crippen LogP contribution in [0.1, 0.15) is 47.1 Å². The van der Waals surface area contributed by atoms with Crippen molar-refractivity contribution in [1.82, 2.24) is 4.98 Å². The Hall–Kier alpha value is -3.62. The van der Waals surface area contributed by atoms with Gasteiger partial charge in [-0.2, -0.15) is 0 Å². The van der Waals surface area contributed by atoms with E-state index < -0.39 is 23.8 Å². The van der Waals surface area contributed by atoms with Crippen molar-refractivity contribution in [3.05, 3.63) is 81.5 Å². The summed E-state index contributed by atoms with van der Waals surface area (Å²) < 4.78 is 16.5. The van der Waals surface area contributed by atoms with Gasteiger partial charge in [0, 0.05) is 17.3 Å². The summed E-state index contributed by atoms with van der Waals surface area (Å²) in [4.78, 5) is 42.7. The fourth-order valence-electron chi connectivity index (χ4n) is 3.21. The maximum absolute atomic E-state index is 13.3. The van der Waals surface area contributed by atoms with Crippen molar-refractivity contribution in [2.24, 2.45) is 0 Å². The quantitative estimate of drug-likeness (QED) is 0.268. The van der Waals surface area contributed by atoms with Crippen LogP contribution in [0.15, 0.2) is 54.7 Å². The number of esters is 1. The number of anilines is 1. The number of benzene rings is 2. The summed E-state index contributed by atoms with van der Waals surface area (Å²) in [5, 5.41) is 2.92. The Labute approximate surface area is 218 Å². The van der Waals surface area contributed by atoms with Gasteiger partial charge in [-0.3, -0.25) is 9.59 Å². The summed E-state index contributed by atoms with van der Waals surface area (Å²) in [7, 11) is 0. The third-order valence-corrected chi connectivity index (χ3v) is 5.39. The number of ether oxygens (including phenoxy) is 3. The fraction of sp³-hybridized carbons (Fsp3) is 0.231. The van der Waals surface area contributed by atoms with Gasteiger partial charge in [0.2, 0.25) is 0 Å². The van der Waals surface area contributed by atoms with Crippen molar-refractivity contribution in [3.8, 4) is 11.5 Å². The zero-order valence-electron chi connectivity index (χ0n) is 19.8. The summed E-state index contributed by atoms with van der Waals surface area (Å²) in [6.07, 6.45) is 0.114. The molecule has 36 heavy (non-hydrogen) atoms. The predicted octanol–water partition coefficient (Wildman–Crippen LogP) is 5.60. The molecule has 1 atom stereocenters. The van der Waals surface area contributed by atoms with Crippen LogP contribution in [0.3, 0.4) is 0 Å². The lowest BCUT2D eigenvalue weighted by atomic mass is 9.98. The first kappa shape index (κ1) is 27.0. The maximum atomic E-state index is 13.3. The summed E-state index contributed by atoms with van der Waals surface area (Å²) in [6, 6.07) is 12.4. The van der Waals surface area contributed by atoms with Crippen LogP contribution < -0.4 is 14.8 Å². The third-order valence-electron chi connectivity index (χ3n) is 4.90. The highest BCUT2D eigenvalue weighted by atomic mass is 35.5. The fourth-order valence-corrected chi connectivity index (χ4v) is 3.64. The second kappa shape index (κ2) is 12.4. The van der Waals surface area contributed by atoms with Crippen LogP contribution >= 0.6 is 23.2 Å². The van der Waals surface area contributed by atoms with Crippen molar-refractivity contribution >= 4 is 46.7 Å². The Kier molecular flexibility index (Phi) is 9.27. The molecule has 8 nitrogen and oxygen atoms in total. The number of hydrogen-bond donors (Lipinski definition) is 1. The molecule has 1 amide bonds. The zero-order chi connectivity index (χ0) is 26.2. The van der Waals surface area contributed by atoms with Gasteiger partial charge in [0.25, 0.3) is 5.91 Å². The molecular formula is C26H24Cl2N2O6. The number of aromatic nitrogens is 1. The van der Waals surface area contributed by atoms with Gasteiger partial charge in [0.15, 0.2) is 29.2 Å². The average molecular weight is 531 g/mol. The second-order valence-corrected chi connectivity index (χ2v) is 8.27. The molecule has 0 radical (unpaired) electrons. The third kappa shape index (κ3) is 6.53. The molecule has 0 fully saturated rings. The minimum atomic E-state index is -1.20. The van der Waals surface area contributed by atoms with E-state index in [1.807, 2.05) is 13.8 Å². The summed E-state index contributed by atoms with van der Waals surface area (Å²) in [5.74, 6) is -0.904. The Morgan fingerprint density at radius 2 is 1.61 bits per heavy atom. The van der Waals surface area contributed by atoms with Crippen LogP contribution in [0.2, 0.25) is 10.0 Å². The first-order valence-corrected chi connectivity index (χ1v) is 11.9. The lowest BCUT2D eigenvalue weighted by Crippen LogP contribution is -2.30. The molecule has 0 bridgehead atoms. The number of rotatable bonds is 10. The number of nitrogens with one attached hydrogen (secondary N) is 1. The smallest absolute Gasteiger partial charge is 0.339 e. The molecule has 10 heteroatoms. The van der Waals surface area contributed by atoms with Gasteiger partial charge in [0.1, 0.15) is 0 Å². The number of ketones is 1. The minimum absolute atomic E-state index is 0.0108. The van der Waals surface area contributed by atoms with Crippen LogP contribution in [-0.2, 0) is 9.53 Å². The molecule has 2 aromatic carbocycles. The van der Waals surface area contributed by atoms with Gasteiger partial charge in [-0.05, 0) is 51.1 Å². The second-order valence-electron chi connectivity index (χ2n) is 7.42. The molecule has 188 valence electrons. The first-order chi connectivity index (χ1) is 17.2. The van der Waals surface area contributed by atoms with Crippen molar-refractivity contribution in [2.75, 3.05) is 18.5 Å². The highest BCUT2D eigenvalue weighted by molar-refractivity contribution is 6.36. The largest absolute Gasteiger partial charge is 0.490 e. The molecule has 0 aliphatic rings. The Bertz CT molecular complexity index is 1280. The van der Waals surface area contributed by atoms with E-state index in [2.05, 4.69) is 10.3 Å². The van der Waals surface area contributed by atoms with Gasteiger partial charge in [0.05, 0.1) is 28.8 Å². The van der Waals surface area contributed by atoms with Crippen molar-refractivity contribution in [3.63, 3.8) is 0 Å². The van der Waals surface area contributed by atoms with Crippen LogP contribution in [0.25, 0.3) is 0 Å². The van der Waals surface area contributed by atoms with Crippen molar-refractivity contribution in [2.45, 2.75) is 26.9 Å². The molecule has 3 aromatic rings. The van der Waals surface area contributed by atoms with Crippen LogP contribution in [0.5, 0.6) is 11.5 Å². The van der Waals surface area contributed by atoms with E-state index in [1.54, 1.807) is 30.3 Å². The van der Waals surface area contributed by atoms with Gasteiger partial charge >= 0.3 is 5.97 Å². The number of amides is 1. The average Bonchev–Trinajstić information content (AvgIpc) is 2.86. The molecule has 1 aromatic heterocycles. The first-order valence-electron chi connectivity index (χ1n) is 11.1. The van der Waals surface area contributed by atoms with Crippen LogP contribution in [0.4, 0.5) is 5.82 Å². The molecule has 0 aliphatic carbocycles. The van der Waals surface area contributed by atoms with Gasteiger partial charge < -0.3 is 19.5 Å². The minimum Gasteiger partial charge on any atom is -0.490 e. The van der Waals surface area contributed by atoms with Crippen LogP contribution in [0, 0.1) is 0 Å². The summed E-state index contributed by atoms with van der Waals surface area (Å²) >= 11 is 11.8. The molecule has 1 N–H and O–H groups in total. The lowest BCUT2D eigenvalue weighted by Gasteiger charge is -2.15. The lowest BCUT2D eigenvalue weighted by molar-refractivity contribution is -0.123. The maximum Gasteiger partial charge on any atom is 0.339 e. The highest BCUT2D eigenvalue weighted by Crippen LogP contribution is 2.30. The topological polar surface area (TPSA) is 104 Å². The summed E-state index contributed by atoms with van der Waals surface area (Å²) in [5.41, 5.74) is 0.428. The number of halogens is 2. The standard InChI is InChI=1S/C26H24Cl2N2O6/c1-4-34-21-11-10-16(12-22(21)35-5-2)23(31)18-8-6-7-9-19(18)26(33)36-15(3)25(32)30-24-20(28)13-17(27)14-29-24/h6-15H,4-5H2,1-3H3,(H,29,30,32)/t15-/m0/s1. The molecule has 0 saturated carbocycles. The summed E-state index contributed by atoms with van der Waals surface area (Å²) in [6.45, 7) is 5.88. The van der Waals surface area contributed by atoms with Gasteiger partial charge in [-0.25, -0.2) is 9.78 Å². The van der Waals surface area contributed by atoms with E-state index >= 15 is 0 Å². The van der Waals surface area contributed by atoms with E-state index in [-0.39, 0.29) is 22.0 Å². The molecular weight excluding hydrogens is 507 g/mol. The highest BCUT2D eigenvalue weighted by Gasteiger charge is 2.25. The number of pyridine rings is 1. The van der Waals surface area contributed by atoms with E-state index in [0.29, 0.717) is 35.3 Å². The molecule has 1 heterocycles. The normalized spacial score (nSPS) is 11.4. The molecule has 0 spiro atoms. The zero-order valence-corrected chi connectivity index (χ0v) is 21.4. The van der Waals surface area contributed by atoms with Gasteiger partial charge in [-0.15, -0.1) is 0 Å². The Morgan fingerprint density at radius 1 is 0.944 bits per heavy atom. The molecule has 0 saturated heterocycles. The molecule has 0 aliphatic heterocycles.